The fraction of sp³-hybridized carbons (Fsp3) is 0.250. The molecule has 0 radical (unpaired) electrons. The van der Waals surface area contributed by atoms with E-state index in [1.165, 1.54) is 0 Å². The lowest BCUT2D eigenvalue weighted by Gasteiger charge is -1.97. The van der Waals surface area contributed by atoms with E-state index in [1.807, 2.05) is 0 Å². The topological polar surface area (TPSA) is 76.2 Å². The molecule has 7 heteroatoms. The zero-order valence-electron chi connectivity index (χ0n) is 9.77. The van der Waals surface area contributed by atoms with Crippen molar-refractivity contribution in [3.8, 4) is 11.5 Å². The van der Waals surface area contributed by atoms with Crippen molar-refractivity contribution < 1.29 is 14.3 Å². The van der Waals surface area contributed by atoms with Gasteiger partial charge < -0.3 is 9.52 Å². The minimum Gasteiger partial charge on any atom is -0.481 e. The van der Waals surface area contributed by atoms with E-state index in [0.29, 0.717) is 40.2 Å². The summed E-state index contributed by atoms with van der Waals surface area (Å²) in [6.45, 7) is 0. The lowest BCUT2D eigenvalue weighted by molar-refractivity contribution is -0.137. The third kappa shape index (κ3) is 3.68. The number of halogens is 2. The van der Waals surface area contributed by atoms with Crippen LogP contribution in [0.1, 0.15) is 18.7 Å². The van der Waals surface area contributed by atoms with Crippen LogP contribution in [0.2, 0.25) is 10.0 Å². The van der Waals surface area contributed by atoms with Crippen LogP contribution < -0.4 is 0 Å². The molecule has 19 heavy (non-hydrogen) atoms. The standard InChI is InChI=1S/C12H10Cl2N2O3/c13-8-5-4-7(6-9(8)14)12-16-15-10(19-12)2-1-3-11(17)18/h4-6H,1-3H2,(H,17,18). The number of aryl methyl sites for hydroxylation is 1. The Labute approximate surface area is 119 Å². The van der Waals surface area contributed by atoms with Gasteiger partial charge in [-0.05, 0) is 24.6 Å². The normalized spacial score (nSPS) is 10.6. The number of nitrogens with zero attached hydrogens (tertiary/aromatic N) is 2. The van der Waals surface area contributed by atoms with Crippen LogP contribution in [0.4, 0.5) is 0 Å². The monoisotopic (exact) mass is 300 g/mol. The summed E-state index contributed by atoms with van der Waals surface area (Å²) in [5.74, 6) is -0.101. The smallest absolute Gasteiger partial charge is 0.303 e. The number of rotatable bonds is 5. The number of aromatic nitrogens is 2. The van der Waals surface area contributed by atoms with Gasteiger partial charge in [-0.25, -0.2) is 0 Å². The predicted molar refractivity (Wildman–Crippen MR) is 70.3 cm³/mol. The molecule has 0 bridgehead atoms. The van der Waals surface area contributed by atoms with Crippen molar-refractivity contribution in [3.63, 3.8) is 0 Å². The van der Waals surface area contributed by atoms with Gasteiger partial charge in [0.2, 0.25) is 11.8 Å². The maximum absolute atomic E-state index is 10.4. The Hall–Kier alpha value is -1.59. The van der Waals surface area contributed by atoms with Gasteiger partial charge in [0, 0.05) is 18.4 Å². The molecule has 100 valence electrons. The molecule has 0 amide bonds. The molecule has 0 spiro atoms. The van der Waals surface area contributed by atoms with Crippen LogP contribution in [0.3, 0.4) is 0 Å². The van der Waals surface area contributed by atoms with E-state index in [0.717, 1.165) is 0 Å². The maximum atomic E-state index is 10.4. The summed E-state index contributed by atoms with van der Waals surface area (Å²) in [6.07, 6.45) is 0.962. The molecule has 1 aromatic carbocycles. The summed E-state index contributed by atoms with van der Waals surface area (Å²) < 4.78 is 5.43. The van der Waals surface area contributed by atoms with Crippen LogP contribution in [-0.4, -0.2) is 21.3 Å². The van der Waals surface area contributed by atoms with E-state index in [4.69, 9.17) is 32.7 Å². The van der Waals surface area contributed by atoms with Crippen molar-refractivity contribution in [1.82, 2.24) is 10.2 Å². The number of carboxylic acids is 1. The predicted octanol–water partition coefficient (Wildman–Crippen LogP) is 3.45. The number of carbonyl (C=O) groups is 1. The fourth-order valence-electron chi connectivity index (χ4n) is 1.49. The first-order chi connectivity index (χ1) is 9.06. The summed E-state index contributed by atoms with van der Waals surface area (Å²) in [5.41, 5.74) is 0.673. The van der Waals surface area contributed by atoms with Crippen LogP contribution in [-0.2, 0) is 11.2 Å². The van der Waals surface area contributed by atoms with Crippen molar-refractivity contribution >= 4 is 29.2 Å². The van der Waals surface area contributed by atoms with Crippen LogP contribution >= 0.6 is 23.2 Å². The molecule has 1 aromatic heterocycles. The lowest BCUT2D eigenvalue weighted by Crippen LogP contribution is -1.95. The number of carboxylic acid groups (broad SMARTS) is 1. The molecular weight excluding hydrogens is 291 g/mol. The van der Waals surface area contributed by atoms with Gasteiger partial charge in [0.25, 0.3) is 0 Å². The van der Waals surface area contributed by atoms with Crippen LogP contribution in [0.15, 0.2) is 22.6 Å². The molecule has 0 saturated carbocycles. The largest absolute Gasteiger partial charge is 0.481 e. The van der Waals surface area contributed by atoms with Crippen molar-refractivity contribution in [2.24, 2.45) is 0 Å². The van der Waals surface area contributed by atoms with Gasteiger partial charge in [-0.1, -0.05) is 23.2 Å². The molecular formula is C12H10Cl2N2O3. The second-order valence-corrected chi connectivity index (χ2v) is 4.69. The highest BCUT2D eigenvalue weighted by Gasteiger charge is 2.10. The van der Waals surface area contributed by atoms with Crippen LogP contribution in [0.5, 0.6) is 0 Å². The molecule has 0 aliphatic rings. The highest BCUT2D eigenvalue weighted by Crippen LogP contribution is 2.27. The van der Waals surface area contributed by atoms with Crippen LogP contribution in [0, 0.1) is 0 Å². The van der Waals surface area contributed by atoms with Gasteiger partial charge in [0.1, 0.15) is 0 Å². The molecule has 5 nitrogen and oxygen atoms in total. The van der Waals surface area contributed by atoms with E-state index in [-0.39, 0.29) is 6.42 Å². The van der Waals surface area contributed by atoms with E-state index >= 15 is 0 Å². The van der Waals surface area contributed by atoms with Gasteiger partial charge in [0.05, 0.1) is 10.0 Å². The van der Waals surface area contributed by atoms with Crippen molar-refractivity contribution in [2.75, 3.05) is 0 Å². The second kappa shape index (κ2) is 6.04. The highest BCUT2D eigenvalue weighted by atomic mass is 35.5. The zero-order valence-corrected chi connectivity index (χ0v) is 11.3. The Bertz CT molecular complexity index is 598. The van der Waals surface area contributed by atoms with E-state index in [9.17, 15) is 4.79 Å². The summed E-state index contributed by atoms with van der Waals surface area (Å²) in [4.78, 5) is 10.4. The van der Waals surface area contributed by atoms with Crippen molar-refractivity contribution in [2.45, 2.75) is 19.3 Å². The summed E-state index contributed by atoms with van der Waals surface area (Å²) in [6, 6.07) is 5.01. The van der Waals surface area contributed by atoms with Gasteiger partial charge in [-0.2, -0.15) is 0 Å². The Balaban J connectivity index is 2.07. The van der Waals surface area contributed by atoms with Crippen molar-refractivity contribution in [1.29, 1.82) is 0 Å². The third-order valence-corrected chi connectivity index (χ3v) is 3.15. The van der Waals surface area contributed by atoms with E-state index in [2.05, 4.69) is 10.2 Å². The van der Waals surface area contributed by atoms with Crippen molar-refractivity contribution in [3.05, 3.63) is 34.1 Å². The number of hydrogen-bond donors (Lipinski definition) is 1. The maximum Gasteiger partial charge on any atom is 0.303 e. The first kappa shape index (κ1) is 13.8. The second-order valence-electron chi connectivity index (χ2n) is 3.88. The summed E-state index contributed by atoms with van der Waals surface area (Å²) in [5, 5.41) is 17.1. The number of aliphatic carboxylic acids is 1. The van der Waals surface area contributed by atoms with Gasteiger partial charge in [-0.3, -0.25) is 4.79 Å². The van der Waals surface area contributed by atoms with Gasteiger partial charge >= 0.3 is 5.97 Å². The number of benzene rings is 1. The Morgan fingerprint density at radius 3 is 2.74 bits per heavy atom. The fourth-order valence-corrected chi connectivity index (χ4v) is 1.79. The minimum atomic E-state index is -0.843. The summed E-state index contributed by atoms with van der Waals surface area (Å²) in [7, 11) is 0. The Morgan fingerprint density at radius 1 is 1.26 bits per heavy atom. The van der Waals surface area contributed by atoms with Gasteiger partial charge in [0.15, 0.2) is 0 Å². The molecule has 0 fully saturated rings. The molecule has 1 N–H and O–H groups in total. The average molecular weight is 301 g/mol. The first-order valence-electron chi connectivity index (χ1n) is 5.56. The molecule has 0 aliphatic heterocycles. The third-order valence-electron chi connectivity index (χ3n) is 2.41. The molecule has 2 aromatic rings. The van der Waals surface area contributed by atoms with Crippen LogP contribution in [0.25, 0.3) is 11.5 Å². The molecule has 0 aliphatic carbocycles. The Morgan fingerprint density at radius 2 is 2.05 bits per heavy atom. The summed E-state index contributed by atoms with van der Waals surface area (Å²) >= 11 is 11.7. The molecule has 1 heterocycles. The quantitative estimate of drug-likeness (QED) is 0.915. The SMILES string of the molecule is O=C(O)CCCc1nnc(-c2ccc(Cl)c(Cl)c2)o1. The molecule has 0 saturated heterocycles. The molecule has 0 unspecified atom stereocenters. The molecule has 0 atom stereocenters. The Kier molecular flexibility index (Phi) is 4.39. The first-order valence-corrected chi connectivity index (χ1v) is 6.31. The van der Waals surface area contributed by atoms with Gasteiger partial charge in [-0.15, -0.1) is 10.2 Å². The number of hydrogen-bond acceptors (Lipinski definition) is 4. The van der Waals surface area contributed by atoms with E-state index in [1.54, 1.807) is 18.2 Å². The van der Waals surface area contributed by atoms with E-state index < -0.39 is 5.97 Å². The average Bonchev–Trinajstić information content (AvgIpc) is 2.81. The highest BCUT2D eigenvalue weighted by molar-refractivity contribution is 6.42. The molecule has 2 rings (SSSR count). The lowest BCUT2D eigenvalue weighted by atomic mass is 10.2. The zero-order chi connectivity index (χ0) is 13.8. The minimum absolute atomic E-state index is 0.0739.